The van der Waals surface area contributed by atoms with Crippen LogP contribution in [0.4, 0.5) is 5.69 Å². The number of carbonyl (C=O) groups is 1. The molecule has 1 heterocycles. The second kappa shape index (κ2) is 5.98. The number of aliphatic hydroxyl groups is 1. The van der Waals surface area contributed by atoms with Crippen LogP contribution in [0.1, 0.15) is 68.6 Å². The molecule has 1 aliphatic heterocycles. The fraction of sp³-hybridized carbons (Fsp3) is 0.588. The molecular weight excluding hydrogens is 286 g/mol. The molecule has 3 rings (SSSR count). The van der Waals surface area contributed by atoms with Gasteiger partial charge in [0, 0.05) is 10.6 Å². The zero-order valence-electron chi connectivity index (χ0n) is 12.4. The number of halogens is 1. The maximum Gasteiger partial charge on any atom is 0.232 e. The first-order valence-electron chi connectivity index (χ1n) is 7.94. The van der Waals surface area contributed by atoms with Crippen molar-refractivity contribution >= 4 is 23.2 Å². The number of nitrogens with one attached hydrogen (secondary N) is 1. The van der Waals surface area contributed by atoms with Crippen LogP contribution in [0.15, 0.2) is 12.1 Å². The Morgan fingerprint density at radius 3 is 2.71 bits per heavy atom. The van der Waals surface area contributed by atoms with Gasteiger partial charge in [0.1, 0.15) is 0 Å². The van der Waals surface area contributed by atoms with Crippen LogP contribution in [-0.4, -0.2) is 11.0 Å². The summed E-state index contributed by atoms with van der Waals surface area (Å²) in [5, 5.41) is 14.3. The van der Waals surface area contributed by atoms with E-state index >= 15 is 0 Å². The molecule has 2 unspecified atom stereocenters. The van der Waals surface area contributed by atoms with Gasteiger partial charge in [0.05, 0.1) is 17.7 Å². The Bertz CT molecular complexity index is 552. The highest BCUT2D eigenvalue weighted by Crippen LogP contribution is 2.44. The summed E-state index contributed by atoms with van der Waals surface area (Å²) in [4.78, 5) is 12.1. The van der Waals surface area contributed by atoms with E-state index in [2.05, 4.69) is 5.32 Å². The largest absolute Gasteiger partial charge is 0.388 e. The highest BCUT2D eigenvalue weighted by Gasteiger charge is 2.34. The molecule has 0 saturated heterocycles. The Hall–Kier alpha value is -1.06. The van der Waals surface area contributed by atoms with Gasteiger partial charge >= 0.3 is 0 Å². The van der Waals surface area contributed by atoms with Crippen LogP contribution in [0.5, 0.6) is 0 Å². The molecule has 1 aromatic rings. The summed E-state index contributed by atoms with van der Waals surface area (Å²) < 4.78 is 0. The smallest absolute Gasteiger partial charge is 0.232 e. The maximum atomic E-state index is 12.1. The van der Waals surface area contributed by atoms with E-state index in [1.165, 1.54) is 19.3 Å². The Kier molecular flexibility index (Phi) is 4.23. The van der Waals surface area contributed by atoms with E-state index in [9.17, 15) is 9.90 Å². The molecule has 0 aromatic heterocycles. The Balaban J connectivity index is 1.98. The van der Waals surface area contributed by atoms with E-state index in [1.807, 2.05) is 19.1 Å². The molecule has 3 nitrogen and oxygen atoms in total. The number of aliphatic hydroxyl groups excluding tert-OH is 1. The zero-order valence-corrected chi connectivity index (χ0v) is 13.1. The third kappa shape index (κ3) is 2.69. The van der Waals surface area contributed by atoms with Gasteiger partial charge < -0.3 is 10.4 Å². The van der Waals surface area contributed by atoms with Gasteiger partial charge in [-0.1, -0.05) is 37.8 Å². The number of amides is 1. The summed E-state index contributed by atoms with van der Waals surface area (Å²) in [5.41, 5.74) is 2.54. The number of anilines is 1. The van der Waals surface area contributed by atoms with Crippen LogP contribution >= 0.6 is 11.6 Å². The van der Waals surface area contributed by atoms with Crippen molar-refractivity contribution in [1.29, 1.82) is 0 Å². The van der Waals surface area contributed by atoms with Crippen molar-refractivity contribution in [1.82, 2.24) is 0 Å². The van der Waals surface area contributed by atoms with Crippen LogP contribution in [0.25, 0.3) is 0 Å². The summed E-state index contributed by atoms with van der Waals surface area (Å²) in [6.07, 6.45) is 5.92. The van der Waals surface area contributed by atoms with Gasteiger partial charge in [-0.3, -0.25) is 4.79 Å². The van der Waals surface area contributed by atoms with E-state index in [1.54, 1.807) is 0 Å². The topological polar surface area (TPSA) is 49.3 Å². The molecule has 1 aromatic carbocycles. The average Bonchev–Trinajstić information content (AvgIpc) is 2.81. The van der Waals surface area contributed by atoms with Crippen LogP contribution in [-0.2, 0) is 4.79 Å². The van der Waals surface area contributed by atoms with Crippen molar-refractivity contribution < 1.29 is 9.90 Å². The van der Waals surface area contributed by atoms with E-state index in [4.69, 9.17) is 11.6 Å². The molecule has 0 spiro atoms. The molecule has 21 heavy (non-hydrogen) atoms. The maximum absolute atomic E-state index is 12.1. The molecule has 1 aliphatic carbocycles. The molecule has 0 radical (unpaired) electrons. The van der Waals surface area contributed by atoms with Crippen LogP contribution in [0.3, 0.4) is 0 Å². The number of fused-ring (bicyclic) bond motifs is 1. The highest BCUT2D eigenvalue weighted by atomic mass is 35.5. The fourth-order valence-corrected chi connectivity index (χ4v) is 4.00. The van der Waals surface area contributed by atoms with Crippen molar-refractivity contribution in [2.75, 3.05) is 5.32 Å². The van der Waals surface area contributed by atoms with Gasteiger partial charge in [-0.25, -0.2) is 0 Å². The molecule has 1 fully saturated rings. The predicted molar refractivity (Wildman–Crippen MR) is 84.6 cm³/mol. The first kappa shape index (κ1) is 14.9. The van der Waals surface area contributed by atoms with E-state index < -0.39 is 6.10 Å². The average molecular weight is 308 g/mol. The van der Waals surface area contributed by atoms with Crippen molar-refractivity contribution in [2.45, 2.75) is 57.5 Å². The lowest BCUT2D eigenvalue weighted by Gasteiger charge is -2.28. The number of carbonyl (C=O) groups excluding carboxylic acids is 1. The fourth-order valence-electron chi connectivity index (χ4n) is 3.76. The molecule has 114 valence electrons. The lowest BCUT2D eigenvalue weighted by atomic mass is 9.81. The first-order chi connectivity index (χ1) is 10.1. The van der Waals surface area contributed by atoms with Gasteiger partial charge in [0.25, 0.3) is 0 Å². The molecule has 2 aliphatic rings. The van der Waals surface area contributed by atoms with E-state index in [-0.39, 0.29) is 17.7 Å². The Morgan fingerprint density at radius 2 is 2.05 bits per heavy atom. The number of hydrogen-bond donors (Lipinski definition) is 2. The van der Waals surface area contributed by atoms with Crippen molar-refractivity contribution in [3.05, 3.63) is 28.3 Å². The van der Waals surface area contributed by atoms with Gasteiger partial charge in [-0.2, -0.15) is 0 Å². The number of benzene rings is 1. The number of hydrogen-bond acceptors (Lipinski definition) is 2. The number of rotatable bonds is 3. The Labute approximate surface area is 130 Å². The normalized spacial score (nSPS) is 23.8. The van der Waals surface area contributed by atoms with Crippen LogP contribution < -0.4 is 5.32 Å². The minimum absolute atomic E-state index is 0.0202. The highest BCUT2D eigenvalue weighted by molar-refractivity contribution is 6.31. The summed E-state index contributed by atoms with van der Waals surface area (Å²) in [7, 11) is 0. The van der Waals surface area contributed by atoms with E-state index in [0.29, 0.717) is 5.02 Å². The predicted octanol–water partition coefficient (Wildman–Crippen LogP) is 4.40. The minimum atomic E-state index is -0.534. The SMILES string of the molecule is CCC1C(=O)Nc2c1cc(Cl)cc2C(O)C1CCCCC1. The van der Waals surface area contributed by atoms with Gasteiger partial charge in [-0.15, -0.1) is 0 Å². The molecule has 0 bridgehead atoms. The first-order valence-corrected chi connectivity index (χ1v) is 8.32. The summed E-state index contributed by atoms with van der Waals surface area (Å²) in [6.45, 7) is 2.00. The standard InChI is InChI=1S/C17H22ClNO2/c1-2-12-13-8-11(18)9-14(15(13)19-17(12)21)16(20)10-6-4-3-5-7-10/h8-10,12,16,20H,2-7H2,1H3,(H,19,21). The lowest BCUT2D eigenvalue weighted by molar-refractivity contribution is -0.117. The van der Waals surface area contributed by atoms with Crippen molar-refractivity contribution in [3.63, 3.8) is 0 Å². The quantitative estimate of drug-likeness (QED) is 0.869. The van der Waals surface area contributed by atoms with Gasteiger partial charge in [-0.05, 0) is 42.9 Å². The molecule has 2 atom stereocenters. The zero-order chi connectivity index (χ0) is 15.0. The third-order valence-corrected chi connectivity index (χ3v) is 5.15. The molecule has 2 N–H and O–H groups in total. The van der Waals surface area contributed by atoms with Crippen LogP contribution in [0.2, 0.25) is 5.02 Å². The van der Waals surface area contributed by atoms with Crippen LogP contribution in [0, 0.1) is 5.92 Å². The molecule has 1 saturated carbocycles. The summed E-state index contributed by atoms with van der Waals surface area (Å²) >= 11 is 6.23. The minimum Gasteiger partial charge on any atom is -0.388 e. The molecule has 1 amide bonds. The van der Waals surface area contributed by atoms with Gasteiger partial charge in [0.2, 0.25) is 5.91 Å². The Morgan fingerprint density at radius 1 is 1.33 bits per heavy atom. The molecule has 4 heteroatoms. The second-order valence-corrected chi connectivity index (χ2v) is 6.69. The second-order valence-electron chi connectivity index (χ2n) is 6.25. The van der Waals surface area contributed by atoms with E-state index in [0.717, 1.165) is 36.1 Å². The van der Waals surface area contributed by atoms with Crippen molar-refractivity contribution in [3.8, 4) is 0 Å². The lowest BCUT2D eigenvalue weighted by Crippen LogP contribution is -2.17. The van der Waals surface area contributed by atoms with Gasteiger partial charge in [0.15, 0.2) is 0 Å². The summed E-state index contributed by atoms with van der Waals surface area (Å²) in [6, 6.07) is 3.68. The monoisotopic (exact) mass is 307 g/mol. The third-order valence-electron chi connectivity index (χ3n) is 4.93. The van der Waals surface area contributed by atoms with Crippen molar-refractivity contribution in [2.24, 2.45) is 5.92 Å². The summed E-state index contributed by atoms with van der Waals surface area (Å²) in [5.74, 6) is 0.154. The molecular formula is C17H22ClNO2.